The van der Waals surface area contributed by atoms with Gasteiger partial charge in [-0.25, -0.2) is 9.07 Å². The van der Waals surface area contributed by atoms with Crippen LogP contribution in [0.1, 0.15) is 25.8 Å². The van der Waals surface area contributed by atoms with E-state index >= 15 is 0 Å². The van der Waals surface area contributed by atoms with E-state index in [9.17, 15) is 4.39 Å². The molecule has 0 amide bonds. The zero-order chi connectivity index (χ0) is 14.5. The minimum atomic E-state index is -0.544. The summed E-state index contributed by atoms with van der Waals surface area (Å²) in [6.45, 7) is 4.79. The quantitative estimate of drug-likeness (QED) is 0.755. The Balaban J connectivity index is 2.27. The molecule has 0 radical (unpaired) electrons. The number of halogens is 2. The van der Waals surface area contributed by atoms with E-state index in [0.29, 0.717) is 29.1 Å². The van der Waals surface area contributed by atoms with Crippen molar-refractivity contribution < 1.29 is 13.9 Å². The minimum absolute atomic E-state index is 0.317. The highest BCUT2D eigenvalue weighted by Gasteiger charge is 2.16. The van der Waals surface area contributed by atoms with Crippen molar-refractivity contribution in [3.8, 4) is 5.69 Å². The summed E-state index contributed by atoms with van der Waals surface area (Å²) in [5, 5.41) is 8.06. The van der Waals surface area contributed by atoms with Crippen LogP contribution >= 0.6 is 15.9 Å². The van der Waals surface area contributed by atoms with Crippen molar-refractivity contribution in [1.29, 1.82) is 0 Å². The molecular formula is C13H15BrFN3O2. The van der Waals surface area contributed by atoms with Gasteiger partial charge in [0.05, 0.1) is 11.9 Å². The maximum Gasteiger partial charge on any atom is 0.204 e. The Morgan fingerprint density at radius 3 is 2.60 bits per heavy atom. The number of nitrogens with zero attached hydrogens (tertiary/aromatic N) is 3. The third-order valence-corrected chi connectivity index (χ3v) is 3.18. The number of hydrogen-bond donors (Lipinski definition) is 0. The molecule has 0 atom stereocenters. The van der Waals surface area contributed by atoms with Crippen LogP contribution in [0.5, 0.6) is 0 Å². The molecule has 0 bridgehead atoms. The lowest BCUT2D eigenvalue weighted by molar-refractivity contribution is -0.142. The van der Waals surface area contributed by atoms with E-state index in [1.807, 2.05) is 13.8 Å². The van der Waals surface area contributed by atoms with Gasteiger partial charge in [0, 0.05) is 17.7 Å². The van der Waals surface area contributed by atoms with Crippen molar-refractivity contribution in [2.75, 3.05) is 13.2 Å². The molecule has 0 N–H and O–H groups in total. The standard InChI is InChI=1S/C13H15BrFN3O2/c1-3-19-13(20-4-2)11-8-18(17-16-11)12-6-5-9(15)7-10(12)14/h5-8,13H,3-4H2,1-2H3. The van der Waals surface area contributed by atoms with Crippen molar-refractivity contribution >= 4 is 15.9 Å². The number of rotatable bonds is 6. The molecule has 0 fully saturated rings. The highest BCUT2D eigenvalue weighted by Crippen LogP contribution is 2.23. The molecule has 0 unspecified atom stereocenters. The van der Waals surface area contributed by atoms with E-state index < -0.39 is 6.29 Å². The molecule has 0 saturated carbocycles. The highest BCUT2D eigenvalue weighted by atomic mass is 79.9. The Bertz CT molecular complexity index is 570. The Morgan fingerprint density at radius 1 is 1.30 bits per heavy atom. The second-order valence-electron chi connectivity index (χ2n) is 3.93. The molecule has 7 heteroatoms. The van der Waals surface area contributed by atoms with Crippen LogP contribution in [0.4, 0.5) is 4.39 Å². The second kappa shape index (κ2) is 6.92. The Kier molecular flexibility index (Phi) is 5.22. The van der Waals surface area contributed by atoms with Crippen molar-refractivity contribution in [3.05, 3.63) is 40.4 Å². The number of hydrogen-bond acceptors (Lipinski definition) is 4. The van der Waals surface area contributed by atoms with Crippen LogP contribution in [0.2, 0.25) is 0 Å². The molecule has 5 nitrogen and oxygen atoms in total. The second-order valence-corrected chi connectivity index (χ2v) is 4.78. The normalized spacial score (nSPS) is 11.2. The zero-order valence-electron chi connectivity index (χ0n) is 11.2. The predicted molar refractivity (Wildman–Crippen MR) is 75.0 cm³/mol. The fourth-order valence-electron chi connectivity index (χ4n) is 1.69. The Labute approximate surface area is 124 Å². The molecular weight excluding hydrogens is 329 g/mol. The molecule has 1 aromatic heterocycles. The summed E-state index contributed by atoms with van der Waals surface area (Å²) in [7, 11) is 0. The lowest BCUT2D eigenvalue weighted by Gasteiger charge is -2.13. The van der Waals surface area contributed by atoms with Gasteiger partial charge >= 0.3 is 0 Å². The van der Waals surface area contributed by atoms with E-state index in [4.69, 9.17) is 9.47 Å². The van der Waals surface area contributed by atoms with E-state index in [1.54, 1.807) is 16.9 Å². The first-order valence-corrected chi connectivity index (χ1v) is 7.05. The Hall–Kier alpha value is -1.31. The van der Waals surface area contributed by atoms with Gasteiger partial charge in [0.1, 0.15) is 11.5 Å². The van der Waals surface area contributed by atoms with Crippen LogP contribution in [0.15, 0.2) is 28.9 Å². The van der Waals surface area contributed by atoms with Crippen molar-refractivity contribution in [2.45, 2.75) is 20.1 Å². The predicted octanol–water partition coefficient (Wildman–Crippen LogP) is 3.24. The molecule has 0 spiro atoms. The number of ether oxygens (including phenoxy) is 2. The largest absolute Gasteiger partial charge is 0.347 e. The fourth-order valence-corrected chi connectivity index (χ4v) is 2.22. The van der Waals surface area contributed by atoms with Crippen LogP contribution in [-0.2, 0) is 9.47 Å². The van der Waals surface area contributed by atoms with Gasteiger partial charge in [-0.2, -0.15) is 0 Å². The summed E-state index contributed by atoms with van der Waals surface area (Å²) in [6, 6.07) is 4.36. The molecule has 2 rings (SSSR count). The molecule has 1 aromatic carbocycles. The van der Waals surface area contributed by atoms with E-state index in [0.717, 1.165) is 0 Å². The van der Waals surface area contributed by atoms with E-state index in [-0.39, 0.29) is 5.82 Å². The summed E-state index contributed by atoms with van der Waals surface area (Å²) < 4.78 is 26.1. The average Bonchev–Trinajstić information content (AvgIpc) is 2.88. The van der Waals surface area contributed by atoms with Gasteiger partial charge in [-0.3, -0.25) is 0 Å². The van der Waals surface area contributed by atoms with Gasteiger partial charge in [0.25, 0.3) is 0 Å². The lowest BCUT2D eigenvalue weighted by atomic mass is 10.3. The SMILES string of the molecule is CCOC(OCC)c1cn(-c2ccc(F)cc2Br)nn1. The third kappa shape index (κ3) is 3.41. The summed E-state index contributed by atoms with van der Waals surface area (Å²) in [5.74, 6) is -0.317. The first-order chi connectivity index (χ1) is 9.65. The summed E-state index contributed by atoms with van der Waals surface area (Å²) >= 11 is 3.30. The van der Waals surface area contributed by atoms with Gasteiger partial charge in [0.2, 0.25) is 6.29 Å². The number of aromatic nitrogens is 3. The lowest BCUT2D eigenvalue weighted by Crippen LogP contribution is -2.09. The first kappa shape index (κ1) is 15.1. The van der Waals surface area contributed by atoms with Crippen molar-refractivity contribution in [1.82, 2.24) is 15.0 Å². The molecule has 0 aliphatic carbocycles. The van der Waals surface area contributed by atoms with Crippen LogP contribution in [-0.4, -0.2) is 28.2 Å². The highest BCUT2D eigenvalue weighted by molar-refractivity contribution is 9.10. The van der Waals surface area contributed by atoms with E-state index in [1.165, 1.54) is 12.1 Å². The molecule has 0 aliphatic rings. The molecule has 0 saturated heterocycles. The van der Waals surface area contributed by atoms with Gasteiger partial charge in [-0.15, -0.1) is 5.10 Å². The summed E-state index contributed by atoms with van der Waals surface area (Å²) in [4.78, 5) is 0. The van der Waals surface area contributed by atoms with Crippen molar-refractivity contribution in [3.63, 3.8) is 0 Å². The van der Waals surface area contributed by atoms with Crippen LogP contribution < -0.4 is 0 Å². The van der Waals surface area contributed by atoms with Crippen LogP contribution in [0.3, 0.4) is 0 Å². The zero-order valence-corrected chi connectivity index (χ0v) is 12.8. The molecule has 20 heavy (non-hydrogen) atoms. The van der Waals surface area contributed by atoms with Gasteiger partial charge in [0.15, 0.2) is 0 Å². The summed E-state index contributed by atoms with van der Waals surface area (Å²) in [6.07, 6.45) is 1.16. The monoisotopic (exact) mass is 343 g/mol. The fraction of sp³-hybridized carbons (Fsp3) is 0.385. The summed E-state index contributed by atoms with van der Waals surface area (Å²) in [5.41, 5.74) is 1.27. The van der Waals surface area contributed by atoms with Gasteiger partial charge in [-0.05, 0) is 48.0 Å². The molecule has 1 heterocycles. The molecule has 0 aliphatic heterocycles. The van der Waals surface area contributed by atoms with Crippen molar-refractivity contribution in [2.24, 2.45) is 0 Å². The maximum atomic E-state index is 13.1. The Morgan fingerprint density at radius 2 is 2.00 bits per heavy atom. The maximum absolute atomic E-state index is 13.1. The molecule has 2 aromatic rings. The van der Waals surface area contributed by atoms with Crippen LogP contribution in [0, 0.1) is 5.82 Å². The first-order valence-electron chi connectivity index (χ1n) is 6.26. The van der Waals surface area contributed by atoms with Gasteiger partial charge < -0.3 is 9.47 Å². The average molecular weight is 344 g/mol. The van der Waals surface area contributed by atoms with E-state index in [2.05, 4.69) is 26.2 Å². The smallest absolute Gasteiger partial charge is 0.204 e. The van der Waals surface area contributed by atoms with Crippen LogP contribution in [0.25, 0.3) is 5.69 Å². The topological polar surface area (TPSA) is 49.2 Å². The van der Waals surface area contributed by atoms with Gasteiger partial charge in [-0.1, -0.05) is 5.21 Å². The minimum Gasteiger partial charge on any atom is -0.347 e. The number of benzene rings is 1. The molecule has 108 valence electrons. The third-order valence-electron chi connectivity index (χ3n) is 2.55.